The van der Waals surface area contributed by atoms with Crippen molar-refractivity contribution in [2.24, 2.45) is 0 Å². The zero-order valence-corrected chi connectivity index (χ0v) is 11.7. The second-order valence-electron chi connectivity index (χ2n) is 4.95. The Bertz CT molecular complexity index is 591. The highest BCUT2D eigenvalue weighted by atomic mass is 16.5. The van der Waals surface area contributed by atoms with Crippen LogP contribution in [0.3, 0.4) is 0 Å². The van der Waals surface area contributed by atoms with E-state index in [-0.39, 0.29) is 12.1 Å². The fourth-order valence-electron chi connectivity index (χ4n) is 2.29. The minimum atomic E-state index is -0.260. The number of urea groups is 1. The van der Waals surface area contributed by atoms with Gasteiger partial charge < -0.3 is 10.1 Å². The molecule has 21 heavy (non-hydrogen) atoms. The molecule has 1 fully saturated rings. The molecule has 1 saturated heterocycles. The highest BCUT2D eigenvalue weighted by Crippen LogP contribution is 2.11. The zero-order chi connectivity index (χ0) is 14.5. The number of benzene rings is 1. The number of hydrogen-bond donors (Lipinski definition) is 2. The highest BCUT2D eigenvalue weighted by Gasteiger charge is 2.16. The molecule has 0 bridgehead atoms. The molecule has 0 aliphatic carbocycles. The predicted octanol–water partition coefficient (Wildman–Crippen LogP) is 2.17. The van der Waals surface area contributed by atoms with Gasteiger partial charge in [0.2, 0.25) is 0 Å². The zero-order valence-electron chi connectivity index (χ0n) is 11.7. The van der Waals surface area contributed by atoms with Gasteiger partial charge in [-0.3, -0.25) is 5.32 Å². The van der Waals surface area contributed by atoms with Crippen LogP contribution < -0.4 is 10.6 Å². The summed E-state index contributed by atoms with van der Waals surface area (Å²) >= 11 is 0. The third kappa shape index (κ3) is 3.61. The van der Waals surface area contributed by atoms with Crippen LogP contribution in [0.4, 0.5) is 10.6 Å². The number of nitrogens with zero attached hydrogens (tertiary/aromatic N) is 2. The molecule has 0 radical (unpaired) electrons. The molecule has 2 aromatic rings. The molecule has 2 amide bonds. The van der Waals surface area contributed by atoms with Crippen LogP contribution >= 0.6 is 0 Å². The molecule has 0 spiro atoms. The molecule has 0 saturated carbocycles. The fraction of sp³-hybridized carbons (Fsp3) is 0.333. The van der Waals surface area contributed by atoms with Crippen LogP contribution in [0, 0.1) is 0 Å². The van der Waals surface area contributed by atoms with Crippen LogP contribution in [0.1, 0.15) is 12.8 Å². The number of para-hydroxylation sites is 1. The van der Waals surface area contributed by atoms with Gasteiger partial charge in [-0.05, 0) is 25.0 Å². The molecular formula is C15H18N4O2. The number of hydrogen-bond acceptors (Lipinski definition) is 3. The standard InChI is InChI=1S/C15H18N4O2/c20-15(16-11-13-7-4-10-21-13)17-14-8-9-19(18-14)12-5-2-1-3-6-12/h1-3,5-6,8-9,13H,4,7,10-11H2,(H2,16,17,18,20)/t13-/m1/s1. The lowest BCUT2D eigenvalue weighted by atomic mass is 10.2. The normalized spacial score (nSPS) is 17.6. The van der Waals surface area contributed by atoms with E-state index < -0.39 is 0 Å². The molecule has 6 heteroatoms. The lowest BCUT2D eigenvalue weighted by Crippen LogP contribution is -2.35. The van der Waals surface area contributed by atoms with E-state index in [1.807, 2.05) is 36.5 Å². The van der Waals surface area contributed by atoms with Crippen molar-refractivity contribution < 1.29 is 9.53 Å². The van der Waals surface area contributed by atoms with Gasteiger partial charge in [0.05, 0.1) is 11.8 Å². The lowest BCUT2D eigenvalue weighted by molar-refractivity contribution is 0.112. The molecule has 1 aliphatic heterocycles. The van der Waals surface area contributed by atoms with Gasteiger partial charge in [-0.15, -0.1) is 5.10 Å². The maximum Gasteiger partial charge on any atom is 0.320 e. The van der Waals surface area contributed by atoms with Gasteiger partial charge >= 0.3 is 6.03 Å². The Morgan fingerprint density at radius 3 is 2.95 bits per heavy atom. The number of carbonyl (C=O) groups excluding carboxylic acids is 1. The summed E-state index contributed by atoms with van der Waals surface area (Å²) in [5.74, 6) is 0.517. The van der Waals surface area contributed by atoms with E-state index in [1.54, 1.807) is 10.7 Å². The average Bonchev–Trinajstić information content (AvgIpc) is 3.17. The third-order valence-corrected chi connectivity index (χ3v) is 3.37. The van der Waals surface area contributed by atoms with E-state index in [1.165, 1.54) is 0 Å². The summed E-state index contributed by atoms with van der Waals surface area (Å²) in [5.41, 5.74) is 0.949. The van der Waals surface area contributed by atoms with Crippen molar-refractivity contribution in [3.8, 4) is 5.69 Å². The van der Waals surface area contributed by atoms with E-state index in [9.17, 15) is 4.79 Å². The van der Waals surface area contributed by atoms with Crippen molar-refractivity contribution in [1.29, 1.82) is 0 Å². The van der Waals surface area contributed by atoms with Crippen LogP contribution in [0.25, 0.3) is 5.69 Å². The van der Waals surface area contributed by atoms with Gasteiger partial charge in [-0.25, -0.2) is 9.48 Å². The summed E-state index contributed by atoms with van der Waals surface area (Å²) < 4.78 is 7.17. The molecule has 6 nitrogen and oxygen atoms in total. The molecular weight excluding hydrogens is 268 g/mol. The molecule has 1 aromatic carbocycles. The summed E-state index contributed by atoms with van der Waals surface area (Å²) in [6.45, 7) is 1.32. The van der Waals surface area contributed by atoms with Crippen molar-refractivity contribution in [2.45, 2.75) is 18.9 Å². The first-order chi connectivity index (χ1) is 10.3. The van der Waals surface area contributed by atoms with Crippen molar-refractivity contribution in [3.05, 3.63) is 42.6 Å². The Balaban J connectivity index is 1.53. The van der Waals surface area contributed by atoms with Gasteiger partial charge in [-0.2, -0.15) is 0 Å². The minimum absolute atomic E-state index is 0.137. The quantitative estimate of drug-likeness (QED) is 0.905. The van der Waals surface area contributed by atoms with Gasteiger partial charge in [0, 0.05) is 25.4 Å². The van der Waals surface area contributed by atoms with Crippen molar-refractivity contribution in [1.82, 2.24) is 15.1 Å². The number of rotatable bonds is 4. The number of anilines is 1. The predicted molar refractivity (Wildman–Crippen MR) is 79.6 cm³/mol. The van der Waals surface area contributed by atoms with E-state index in [0.29, 0.717) is 12.4 Å². The molecule has 1 aromatic heterocycles. The Hall–Kier alpha value is -2.34. The van der Waals surface area contributed by atoms with Crippen molar-refractivity contribution in [3.63, 3.8) is 0 Å². The first kappa shape index (κ1) is 13.6. The largest absolute Gasteiger partial charge is 0.376 e. The van der Waals surface area contributed by atoms with Gasteiger partial charge in [0.15, 0.2) is 5.82 Å². The van der Waals surface area contributed by atoms with Crippen LogP contribution in [0.2, 0.25) is 0 Å². The summed E-state index contributed by atoms with van der Waals surface area (Å²) in [7, 11) is 0. The van der Waals surface area contributed by atoms with Gasteiger partial charge in [0.1, 0.15) is 0 Å². The summed E-state index contributed by atoms with van der Waals surface area (Å²) in [5, 5.41) is 9.83. The van der Waals surface area contributed by atoms with Crippen LogP contribution in [-0.4, -0.2) is 35.1 Å². The number of carbonyl (C=O) groups is 1. The third-order valence-electron chi connectivity index (χ3n) is 3.37. The Morgan fingerprint density at radius 1 is 1.33 bits per heavy atom. The van der Waals surface area contributed by atoms with E-state index in [0.717, 1.165) is 25.1 Å². The highest BCUT2D eigenvalue weighted by molar-refractivity contribution is 5.88. The molecule has 3 rings (SSSR count). The first-order valence-electron chi connectivity index (χ1n) is 7.09. The van der Waals surface area contributed by atoms with Crippen LogP contribution in [0.15, 0.2) is 42.6 Å². The Morgan fingerprint density at radius 2 is 2.19 bits per heavy atom. The maximum atomic E-state index is 11.8. The van der Waals surface area contributed by atoms with Gasteiger partial charge in [0.25, 0.3) is 0 Å². The molecule has 1 atom stereocenters. The Labute approximate surface area is 123 Å². The fourth-order valence-corrected chi connectivity index (χ4v) is 2.29. The molecule has 1 aliphatic rings. The van der Waals surface area contributed by atoms with Crippen LogP contribution in [0.5, 0.6) is 0 Å². The molecule has 2 N–H and O–H groups in total. The Kier molecular flexibility index (Phi) is 4.16. The number of ether oxygens (including phenoxy) is 1. The second-order valence-corrected chi connectivity index (χ2v) is 4.95. The first-order valence-corrected chi connectivity index (χ1v) is 7.09. The van der Waals surface area contributed by atoms with Crippen LogP contribution in [-0.2, 0) is 4.74 Å². The molecule has 110 valence electrons. The van der Waals surface area contributed by atoms with E-state index in [4.69, 9.17) is 4.74 Å². The topological polar surface area (TPSA) is 68.2 Å². The van der Waals surface area contributed by atoms with Crippen molar-refractivity contribution in [2.75, 3.05) is 18.5 Å². The molecule has 0 unspecified atom stereocenters. The minimum Gasteiger partial charge on any atom is -0.376 e. The number of aromatic nitrogens is 2. The monoisotopic (exact) mass is 286 g/mol. The lowest BCUT2D eigenvalue weighted by Gasteiger charge is -2.10. The number of amides is 2. The average molecular weight is 286 g/mol. The maximum absolute atomic E-state index is 11.8. The van der Waals surface area contributed by atoms with Crippen molar-refractivity contribution >= 4 is 11.8 Å². The second kappa shape index (κ2) is 6.41. The van der Waals surface area contributed by atoms with Gasteiger partial charge in [-0.1, -0.05) is 18.2 Å². The summed E-state index contributed by atoms with van der Waals surface area (Å²) in [6.07, 6.45) is 4.02. The SMILES string of the molecule is O=C(NC[C@H]1CCCO1)Nc1ccn(-c2ccccc2)n1. The smallest absolute Gasteiger partial charge is 0.320 e. The van der Waals surface area contributed by atoms with E-state index in [2.05, 4.69) is 15.7 Å². The van der Waals surface area contributed by atoms with E-state index >= 15 is 0 Å². The molecule has 2 heterocycles. The summed E-state index contributed by atoms with van der Waals surface area (Å²) in [4.78, 5) is 11.8. The summed E-state index contributed by atoms with van der Waals surface area (Å²) in [6, 6.07) is 11.2. The number of nitrogens with one attached hydrogen (secondary N) is 2.